The van der Waals surface area contributed by atoms with E-state index in [1.165, 1.54) is 4.88 Å². The monoisotopic (exact) mass is 353 g/mol. The minimum Gasteiger partial charge on any atom is -0.381 e. The van der Waals surface area contributed by atoms with E-state index >= 15 is 0 Å². The van der Waals surface area contributed by atoms with Crippen LogP contribution in [0.15, 0.2) is 22.5 Å². The molecular weight excluding hydrogens is 322 g/mol. The number of ether oxygens (including phenoxy) is 2. The SMILES string of the molecule is CCNC(=NCC(C)c1cccs1)NCCCOCC1CCOC1. The summed E-state index contributed by atoms with van der Waals surface area (Å²) in [5.41, 5.74) is 0. The summed E-state index contributed by atoms with van der Waals surface area (Å²) in [6, 6.07) is 4.28. The van der Waals surface area contributed by atoms with Crippen molar-refractivity contribution in [2.75, 3.05) is 46.1 Å². The molecule has 2 atom stereocenters. The molecule has 2 unspecified atom stereocenters. The number of nitrogens with zero attached hydrogens (tertiary/aromatic N) is 1. The molecule has 6 heteroatoms. The molecule has 2 heterocycles. The second-order valence-electron chi connectivity index (χ2n) is 6.22. The zero-order chi connectivity index (χ0) is 17.0. The molecule has 5 nitrogen and oxygen atoms in total. The second-order valence-corrected chi connectivity index (χ2v) is 7.20. The van der Waals surface area contributed by atoms with E-state index in [2.05, 4.69) is 42.0 Å². The molecule has 1 aliphatic heterocycles. The van der Waals surface area contributed by atoms with Gasteiger partial charge in [0.25, 0.3) is 0 Å². The predicted molar refractivity (Wildman–Crippen MR) is 101 cm³/mol. The zero-order valence-electron chi connectivity index (χ0n) is 14.9. The van der Waals surface area contributed by atoms with Crippen LogP contribution in [-0.4, -0.2) is 52.0 Å². The molecule has 0 aromatic carbocycles. The number of guanidine groups is 1. The third-order valence-corrected chi connectivity index (χ3v) is 5.14. The molecule has 1 aromatic rings. The van der Waals surface area contributed by atoms with Crippen molar-refractivity contribution in [3.63, 3.8) is 0 Å². The molecule has 1 aliphatic rings. The van der Waals surface area contributed by atoms with Crippen LogP contribution in [-0.2, 0) is 9.47 Å². The van der Waals surface area contributed by atoms with Gasteiger partial charge in [0, 0.05) is 43.0 Å². The number of thiophene rings is 1. The molecule has 136 valence electrons. The Hall–Kier alpha value is -1.11. The van der Waals surface area contributed by atoms with Crippen molar-refractivity contribution in [2.24, 2.45) is 10.9 Å². The number of nitrogens with one attached hydrogen (secondary N) is 2. The maximum atomic E-state index is 5.73. The van der Waals surface area contributed by atoms with Gasteiger partial charge in [0.15, 0.2) is 5.96 Å². The molecule has 0 amide bonds. The van der Waals surface area contributed by atoms with Crippen LogP contribution in [0, 0.1) is 5.92 Å². The molecule has 1 aromatic heterocycles. The van der Waals surface area contributed by atoms with Crippen LogP contribution < -0.4 is 10.6 Å². The number of aliphatic imine (C=N–C) groups is 1. The lowest BCUT2D eigenvalue weighted by molar-refractivity contribution is 0.0888. The summed E-state index contributed by atoms with van der Waals surface area (Å²) in [6.45, 7) is 10.2. The van der Waals surface area contributed by atoms with Gasteiger partial charge in [0.05, 0.1) is 19.8 Å². The van der Waals surface area contributed by atoms with Crippen molar-refractivity contribution in [3.8, 4) is 0 Å². The number of hydrogen-bond donors (Lipinski definition) is 2. The zero-order valence-corrected chi connectivity index (χ0v) is 15.7. The van der Waals surface area contributed by atoms with Gasteiger partial charge in [-0.2, -0.15) is 0 Å². The molecular formula is C18H31N3O2S. The summed E-state index contributed by atoms with van der Waals surface area (Å²) in [4.78, 5) is 6.08. The fourth-order valence-corrected chi connectivity index (χ4v) is 3.36. The fraction of sp³-hybridized carbons (Fsp3) is 0.722. The lowest BCUT2D eigenvalue weighted by Crippen LogP contribution is -2.38. The van der Waals surface area contributed by atoms with Crippen LogP contribution >= 0.6 is 11.3 Å². The van der Waals surface area contributed by atoms with Gasteiger partial charge in [0.2, 0.25) is 0 Å². The van der Waals surface area contributed by atoms with Gasteiger partial charge in [-0.15, -0.1) is 11.3 Å². The molecule has 0 spiro atoms. The summed E-state index contributed by atoms with van der Waals surface area (Å²) < 4.78 is 11.1. The van der Waals surface area contributed by atoms with Gasteiger partial charge in [-0.05, 0) is 31.2 Å². The highest BCUT2D eigenvalue weighted by atomic mass is 32.1. The van der Waals surface area contributed by atoms with Gasteiger partial charge in [-0.1, -0.05) is 13.0 Å². The first-order chi connectivity index (χ1) is 11.8. The Kier molecular flexibility index (Phi) is 9.16. The van der Waals surface area contributed by atoms with Crippen molar-refractivity contribution >= 4 is 17.3 Å². The molecule has 0 radical (unpaired) electrons. The molecule has 2 N–H and O–H groups in total. The maximum absolute atomic E-state index is 5.73. The van der Waals surface area contributed by atoms with Crippen molar-refractivity contribution in [1.82, 2.24) is 10.6 Å². The van der Waals surface area contributed by atoms with E-state index in [-0.39, 0.29) is 0 Å². The van der Waals surface area contributed by atoms with Crippen LogP contribution in [0.25, 0.3) is 0 Å². The first kappa shape index (κ1) is 19.2. The van der Waals surface area contributed by atoms with E-state index in [1.807, 2.05) is 0 Å². The van der Waals surface area contributed by atoms with Crippen molar-refractivity contribution < 1.29 is 9.47 Å². The standard InChI is InChI=1S/C18H31N3O2S/c1-3-19-18(21-12-15(2)17-6-4-11-24-17)20-8-5-9-22-13-16-7-10-23-14-16/h4,6,11,15-16H,3,5,7-10,12-14H2,1-2H3,(H2,19,20,21). The van der Waals surface area contributed by atoms with Crippen LogP contribution in [0.3, 0.4) is 0 Å². The van der Waals surface area contributed by atoms with E-state index < -0.39 is 0 Å². The summed E-state index contributed by atoms with van der Waals surface area (Å²) in [7, 11) is 0. The van der Waals surface area contributed by atoms with Crippen molar-refractivity contribution in [3.05, 3.63) is 22.4 Å². The molecule has 0 bridgehead atoms. The van der Waals surface area contributed by atoms with Crippen LogP contribution in [0.4, 0.5) is 0 Å². The normalized spacial score (nSPS) is 19.4. The summed E-state index contributed by atoms with van der Waals surface area (Å²) in [6.07, 6.45) is 2.12. The largest absolute Gasteiger partial charge is 0.381 e. The van der Waals surface area contributed by atoms with E-state index in [1.54, 1.807) is 11.3 Å². The van der Waals surface area contributed by atoms with Gasteiger partial charge >= 0.3 is 0 Å². The Labute approximate surface area is 149 Å². The van der Waals surface area contributed by atoms with E-state index in [4.69, 9.17) is 14.5 Å². The minimum atomic E-state index is 0.456. The summed E-state index contributed by atoms with van der Waals surface area (Å²) >= 11 is 1.80. The highest BCUT2D eigenvalue weighted by Gasteiger charge is 2.15. The van der Waals surface area contributed by atoms with Crippen LogP contribution in [0.2, 0.25) is 0 Å². The smallest absolute Gasteiger partial charge is 0.191 e. The third kappa shape index (κ3) is 7.20. The molecule has 2 rings (SSSR count). The summed E-state index contributed by atoms with van der Waals surface area (Å²) in [5, 5.41) is 8.81. The molecule has 0 aliphatic carbocycles. The Morgan fingerprint density at radius 1 is 1.50 bits per heavy atom. The summed E-state index contributed by atoms with van der Waals surface area (Å²) in [5.74, 6) is 1.94. The lowest BCUT2D eigenvalue weighted by atomic mass is 10.1. The average molecular weight is 354 g/mol. The first-order valence-electron chi connectivity index (χ1n) is 9.00. The highest BCUT2D eigenvalue weighted by molar-refractivity contribution is 7.10. The molecule has 1 saturated heterocycles. The maximum Gasteiger partial charge on any atom is 0.191 e. The average Bonchev–Trinajstić information content (AvgIpc) is 3.28. The topological polar surface area (TPSA) is 54.9 Å². The quantitative estimate of drug-likeness (QED) is 0.386. The first-order valence-corrected chi connectivity index (χ1v) is 9.88. The van der Waals surface area contributed by atoms with Gasteiger partial charge < -0.3 is 20.1 Å². The van der Waals surface area contributed by atoms with Gasteiger partial charge in [-0.3, -0.25) is 4.99 Å². The highest BCUT2D eigenvalue weighted by Crippen LogP contribution is 2.20. The van der Waals surface area contributed by atoms with E-state index in [0.717, 1.165) is 64.9 Å². The van der Waals surface area contributed by atoms with Crippen LogP contribution in [0.1, 0.15) is 37.5 Å². The Morgan fingerprint density at radius 2 is 2.42 bits per heavy atom. The van der Waals surface area contributed by atoms with Crippen molar-refractivity contribution in [1.29, 1.82) is 0 Å². The lowest BCUT2D eigenvalue weighted by Gasteiger charge is -2.13. The Balaban J connectivity index is 1.60. The molecule has 24 heavy (non-hydrogen) atoms. The molecule has 0 saturated carbocycles. The van der Waals surface area contributed by atoms with E-state index in [0.29, 0.717) is 11.8 Å². The minimum absolute atomic E-state index is 0.456. The van der Waals surface area contributed by atoms with Crippen molar-refractivity contribution in [2.45, 2.75) is 32.6 Å². The Bertz CT molecular complexity index is 459. The second kappa shape index (κ2) is 11.4. The van der Waals surface area contributed by atoms with Crippen LogP contribution in [0.5, 0.6) is 0 Å². The third-order valence-electron chi connectivity index (χ3n) is 4.03. The van der Waals surface area contributed by atoms with Gasteiger partial charge in [-0.25, -0.2) is 0 Å². The predicted octanol–water partition coefficient (Wildman–Crippen LogP) is 2.85. The van der Waals surface area contributed by atoms with Gasteiger partial charge in [0.1, 0.15) is 0 Å². The fourth-order valence-electron chi connectivity index (χ4n) is 2.58. The van der Waals surface area contributed by atoms with E-state index in [9.17, 15) is 0 Å². The number of hydrogen-bond acceptors (Lipinski definition) is 4. The number of rotatable bonds is 10. The Morgan fingerprint density at radius 3 is 3.12 bits per heavy atom. The molecule has 1 fully saturated rings.